The van der Waals surface area contributed by atoms with Crippen molar-refractivity contribution in [3.8, 4) is 0 Å². The highest BCUT2D eigenvalue weighted by atomic mass is 32.1. The molecule has 2 aromatic heterocycles. The zero-order valence-corrected chi connectivity index (χ0v) is 16.8. The molecule has 7 heteroatoms. The Morgan fingerprint density at radius 1 is 1.33 bits per heavy atom. The Kier molecular flexibility index (Phi) is 5.32. The lowest BCUT2D eigenvalue weighted by Crippen LogP contribution is -2.48. The first-order chi connectivity index (χ1) is 12.7. The molecule has 0 aliphatic rings. The van der Waals surface area contributed by atoms with Gasteiger partial charge in [-0.05, 0) is 48.3 Å². The molecule has 0 aliphatic carbocycles. The molecule has 2 N–H and O–H groups in total. The molecule has 0 saturated heterocycles. The van der Waals surface area contributed by atoms with Gasteiger partial charge in [-0.1, -0.05) is 20.8 Å². The van der Waals surface area contributed by atoms with E-state index in [1.807, 2.05) is 36.0 Å². The van der Waals surface area contributed by atoms with Gasteiger partial charge in [-0.3, -0.25) is 4.68 Å². The molecular weight excluding hydrogens is 360 g/mol. The lowest BCUT2D eigenvalue weighted by molar-refractivity contribution is 0.262. The molecule has 0 fully saturated rings. The minimum absolute atomic E-state index is 0.0228. The summed E-state index contributed by atoms with van der Waals surface area (Å²) in [7, 11) is 0. The molecule has 3 aromatic rings. The monoisotopic (exact) mass is 384 g/mol. The van der Waals surface area contributed by atoms with Crippen LogP contribution in [0, 0.1) is 12.3 Å². The number of hydrogen-bond acceptors (Lipinski definition) is 4. The molecule has 3 rings (SSSR count). The molecule has 1 unspecified atom stereocenters. The van der Waals surface area contributed by atoms with Gasteiger partial charge < -0.3 is 15.1 Å². The van der Waals surface area contributed by atoms with Gasteiger partial charge in [0.2, 0.25) is 0 Å². The Labute approximate surface area is 163 Å². The summed E-state index contributed by atoms with van der Waals surface area (Å²) in [5, 5.41) is 12.3. The summed E-state index contributed by atoms with van der Waals surface area (Å²) in [6.07, 6.45) is 3.70. The van der Waals surface area contributed by atoms with E-state index in [2.05, 4.69) is 36.5 Å². The number of benzene rings is 1. The van der Waals surface area contributed by atoms with E-state index < -0.39 is 0 Å². The highest BCUT2D eigenvalue weighted by molar-refractivity contribution is 7.80. The summed E-state index contributed by atoms with van der Waals surface area (Å²) in [4.78, 5) is 11.6. The Morgan fingerprint density at radius 3 is 2.78 bits per heavy atom. The van der Waals surface area contributed by atoms with Crippen LogP contribution in [0.3, 0.4) is 0 Å². The maximum absolute atomic E-state index is 11.6. The number of hydrogen-bond donors (Lipinski definition) is 2. The molecule has 0 radical (unpaired) electrons. The number of aromatic nitrogens is 2. The maximum Gasteiger partial charge on any atom is 0.336 e. The van der Waals surface area contributed by atoms with E-state index in [1.165, 1.54) is 6.07 Å². The molecular formula is C20H24N4O2S. The molecule has 0 aliphatic heterocycles. The van der Waals surface area contributed by atoms with E-state index in [4.69, 9.17) is 16.6 Å². The first-order valence-electron chi connectivity index (χ1n) is 8.82. The number of nitrogens with one attached hydrogen (secondary N) is 2. The fourth-order valence-corrected chi connectivity index (χ4v) is 3.12. The molecule has 1 aromatic carbocycles. The Balaban J connectivity index is 1.75. The molecule has 6 nitrogen and oxygen atoms in total. The van der Waals surface area contributed by atoms with Crippen LogP contribution in [0.1, 0.15) is 26.3 Å². The second-order valence-electron chi connectivity index (χ2n) is 7.70. The highest BCUT2D eigenvalue weighted by Crippen LogP contribution is 2.22. The predicted octanol–water partition coefficient (Wildman–Crippen LogP) is 3.70. The van der Waals surface area contributed by atoms with Crippen molar-refractivity contribution in [2.45, 2.75) is 40.3 Å². The van der Waals surface area contributed by atoms with Crippen LogP contribution in [-0.4, -0.2) is 20.9 Å². The topological polar surface area (TPSA) is 72.1 Å². The normalized spacial score (nSPS) is 12.7. The second kappa shape index (κ2) is 7.52. The standard InChI is InChI=1S/C20H24N4O2S/c1-13-10-18(25)26-16-11-14(6-7-15(13)16)22-19(27)23-17(20(2,3)4)12-24-9-5-8-21-24/h5-11,17H,12H2,1-4H3,(H2,22,23,27). The lowest BCUT2D eigenvalue weighted by Gasteiger charge is -2.32. The molecule has 0 amide bonds. The summed E-state index contributed by atoms with van der Waals surface area (Å²) in [6.45, 7) is 9.06. The van der Waals surface area contributed by atoms with E-state index in [0.717, 1.165) is 16.6 Å². The van der Waals surface area contributed by atoms with Gasteiger partial charge in [-0.2, -0.15) is 5.10 Å². The van der Waals surface area contributed by atoms with Gasteiger partial charge >= 0.3 is 5.63 Å². The van der Waals surface area contributed by atoms with Gasteiger partial charge in [-0.15, -0.1) is 0 Å². The number of rotatable bonds is 4. The summed E-state index contributed by atoms with van der Waals surface area (Å²) < 4.78 is 7.19. The molecule has 2 heterocycles. The summed E-state index contributed by atoms with van der Waals surface area (Å²) in [5.41, 5.74) is 1.81. The average molecular weight is 385 g/mol. The minimum Gasteiger partial charge on any atom is -0.423 e. The van der Waals surface area contributed by atoms with Gasteiger partial charge in [0, 0.05) is 35.6 Å². The van der Waals surface area contributed by atoms with Crippen LogP contribution in [0.5, 0.6) is 0 Å². The molecule has 0 saturated carbocycles. The summed E-state index contributed by atoms with van der Waals surface area (Å²) in [5.74, 6) is 0. The van der Waals surface area contributed by atoms with E-state index >= 15 is 0 Å². The van der Waals surface area contributed by atoms with Crippen LogP contribution < -0.4 is 16.3 Å². The summed E-state index contributed by atoms with van der Waals surface area (Å²) >= 11 is 5.51. The van der Waals surface area contributed by atoms with Gasteiger partial charge in [-0.25, -0.2) is 4.79 Å². The van der Waals surface area contributed by atoms with Gasteiger partial charge in [0.25, 0.3) is 0 Å². The first-order valence-corrected chi connectivity index (χ1v) is 9.23. The predicted molar refractivity (Wildman–Crippen MR) is 112 cm³/mol. The van der Waals surface area contributed by atoms with Crippen molar-refractivity contribution >= 4 is 34.0 Å². The molecule has 1 atom stereocenters. The van der Waals surface area contributed by atoms with E-state index in [-0.39, 0.29) is 17.1 Å². The molecule has 27 heavy (non-hydrogen) atoms. The van der Waals surface area contributed by atoms with Gasteiger partial charge in [0.15, 0.2) is 5.11 Å². The fraction of sp³-hybridized carbons (Fsp3) is 0.350. The van der Waals surface area contributed by atoms with Crippen LogP contribution >= 0.6 is 12.2 Å². The average Bonchev–Trinajstić information content (AvgIpc) is 3.06. The Bertz CT molecular complexity index is 1000. The Hall–Kier alpha value is -2.67. The molecule has 142 valence electrons. The van der Waals surface area contributed by atoms with Crippen LogP contribution in [0.4, 0.5) is 5.69 Å². The minimum atomic E-state index is -0.357. The van der Waals surface area contributed by atoms with E-state index in [0.29, 0.717) is 17.2 Å². The first kappa shape index (κ1) is 19.1. The number of aryl methyl sites for hydroxylation is 1. The largest absolute Gasteiger partial charge is 0.423 e. The Morgan fingerprint density at radius 2 is 2.11 bits per heavy atom. The third-order valence-electron chi connectivity index (χ3n) is 4.49. The zero-order valence-electron chi connectivity index (χ0n) is 15.9. The van der Waals surface area contributed by atoms with Crippen molar-refractivity contribution in [3.63, 3.8) is 0 Å². The van der Waals surface area contributed by atoms with E-state index in [1.54, 1.807) is 12.3 Å². The molecule has 0 spiro atoms. The van der Waals surface area contributed by atoms with Crippen molar-refractivity contribution in [2.24, 2.45) is 5.41 Å². The number of nitrogens with zero attached hydrogens (tertiary/aromatic N) is 2. The quantitative estimate of drug-likeness (QED) is 0.528. The van der Waals surface area contributed by atoms with Crippen LogP contribution in [0.25, 0.3) is 11.0 Å². The van der Waals surface area contributed by atoms with Crippen LogP contribution in [0.2, 0.25) is 0 Å². The van der Waals surface area contributed by atoms with Gasteiger partial charge in [0.05, 0.1) is 12.6 Å². The van der Waals surface area contributed by atoms with Crippen molar-refractivity contribution in [2.75, 3.05) is 5.32 Å². The number of thiocarbonyl (C=S) groups is 1. The van der Waals surface area contributed by atoms with Crippen LogP contribution in [0.15, 0.2) is 51.9 Å². The highest BCUT2D eigenvalue weighted by Gasteiger charge is 2.26. The fourth-order valence-electron chi connectivity index (χ4n) is 2.86. The lowest BCUT2D eigenvalue weighted by atomic mass is 9.87. The van der Waals surface area contributed by atoms with Gasteiger partial charge in [0.1, 0.15) is 5.58 Å². The van der Waals surface area contributed by atoms with Crippen molar-refractivity contribution in [1.82, 2.24) is 15.1 Å². The van der Waals surface area contributed by atoms with Crippen molar-refractivity contribution in [1.29, 1.82) is 0 Å². The smallest absolute Gasteiger partial charge is 0.336 e. The third-order valence-corrected chi connectivity index (χ3v) is 4.71. The third kappa shape index (κ3) is 4.74. The maximum atomic E-state index is 11.6. The summed E-state index contributed by atoms with van der Waals surface area (Å²) in [6, 6.07) is 9.11. The second-order valence-corrected chi connectivity index (χ2v) is 8.11. The number of fused-ring (bicyclic) bond motifs is 1. The zero-order chi connectivity index (χ0) is 19.6. The van der Waals surface area contributed by atoms with Crippen molar-refractivity contribution in [3.05, 3.63) is 58.7 Å². The SMILES string of the molecule is Cc1cc(=O)oc2cc(NC(=S)NC(Cn3cccn3)C(C)(C)C)ccc12. The van der Waals surface area contributed by atoms with Crippen LogP contribution in [-0.2, 0) is 6.54 Å². The number of anilines is 1. The molecule has 0 bridgehead atoms. The van der Waals surface area contributed by atoms with E-state index in [9.17, 15) is 4.79 Å². The van der Waals surface area contributed by atoms with Crippen molar-refractivity contribution < 1.29 is 4.42 Å².